The number of aromatic nitrogens is 2. The first-order valence-electron chi connectivity index (χ1n) is 9.12. The highest BCUT2D eigenvalue weighted by molar-refractivity contribution is 6.36. The van der Waals surface area contributed by atoms with Gasteiger partial charge in [0.05, 0.1) is 27.5 Å². The van der Waals surface area contributed by atoms with Crippen LogP contribution in [0.15, 0.2) is 30.6 Å². The molecule has 0 spiro atoms. The second-order valence-electron chi connectivity index (χ2n) is 7.05. The first-order chi connectivity index (χ1) is 14.1. The van der Waals surface area contributed by atoms with Crippen molar-refractivity contribution < 1.29 is 19.0 Å². The van der Waals surface area contributed by atoms with Gasteiger partial charge in [-0.1, -0.05) is 17.7 Å². The van der Waals surface area contributed by atoms with E-state index in [2.05, 4.69) is 14.9 Å². The number of hydrogen-bond donors (Lipinski definition) is 1. The number of phenols is 1. The van der Waals surface area contributed by atoms with Gasteiger partial charge in [-0.25, -0.2) is 14.4 Å². The molecule has 0 aliphatic carbocycles. The summed E-state index contributed by atoms with van der Waals surface area (Å²) in [6.07, 6.45) is 2.27. The van der Waals surface area contributed by atoms with Crippen LogP contribution in [0.4, 0.5) is 10.2 Å². The van der Waals surface area contributed by atoms with Crippen LogP contribution in [0.3, 0.4) is 0 Å². The standard InChI is InChI=1S/C20H16ClFN4O3/c21-18-12(16-13(22)2-1-3-15(16)28)6-14-17-19(18)29-8-11-7-25(10-27)4-5-26(11)20(17)24-9-23-14/h1-3,6,9-11,28H,4-5,7-8H2. The van der Waals surface area contributed by atoms with Gasteiger partial charge in [-0.3, -0.25) is 4.79 Å². The molecule has 148 valence electrons. The molecule has 2 aliphatic heterocycles. The number of carbonyl (C=O) groups excluding carboxylic acids is 1. The summed E-state index contributed by atoms with van der Waals surface area (Å²) in [6.45, 7) is 1.96. The van der Waals surface area contributed by atoms with Crippen molar-refractivity contribution in [3.05, 3.63) is 41.4 Å². The number of ether oxygens (including phenoxy) is 1. The molecule has 1 saturated heterocycles. The predicted molar refractivity (Wildman–Crippen MR) is 106 cm³/mol. The number of nitrogens with zero attached hydrogens (tertiary/aromatic N) is 4. The topological polar surface area (TPSA) is 78.8 Å². The van der Waals surface area contributed by atoms with Crippen LogP contribution in [0.25, 0.3) is 22.0 Å². The van der Waals surface area contributed by atoms with Gasteiger partial charge in [0.1, 0.15) is 30.3 Å². The summed E-state index contributed by atoms with van der Waals surface area (Å²) in [4.78, 5) is 23.8. The number of rotatable bonds is 2. The van der Waals surface area contributed by atoms with Crippen molar-refractivity contribution in [3.63, 3.8) is 0 Å². The van der Waals surface area contributed by atoms with Crippen LogP contribution in [0.2, 0.25) is 5.02 Å². The van der Waals surface area contributed by atoms with Crippen molar-refractivity contribution in [1.82, 2.24) is 14.9 Å². The maximum atomic E-state index is 14.5. The molecule has 3 aromatic rings. The molecule has 0 radical (unpaired) electrons. The number of halogens is 2. The van der Waals surface area contributed by atoms with E-state index in [-0.39, 0.29) is 29.0 Å². The van der Waals surface area contributed by atoms with Gasteiger partial charge in [-0.2, -0.15) is 0 Å². The smallest absolute Gasteiger partial charge is 0.209 e. The average Bonchev–Trinajstić information content (AvgIpc) is 2.89. The van der Waals surface area contributed by atoms with Crippen molar-refractivity contribution in [2.24, 2.45) is 0 Å². The Labute approximate surface area is 170 Å². The van der Waals surface area contributed by atoms with Crippen LogP contribution in [-0.2, 0) is 4.79 Å². The summed E-state index contributed by atoms with van der Waals surface area (Å²) in [5.41, 5.74) is 0.822. The zero-order chi connectivity index (χ0) is 20.1. The molecule has 0 saturated carbocycles. The lowest BCUT2D eigenvalue weighted by molar-refractivity contribution is -0.118. The maximum absolute atomic E-state index is 14.5. The highest BCUT2D eigenvalue weighted by Gasteiger charge is 2.34. The summed E-state index contributed by atoms with van der Waals surface area (Å²) in [7, 11) is 0. The normalized spacial score (nSPS) is 18.2. The summed E-state index contributed by atoms with van der Waals surface area (Å²) < 4.78 is 20.6. The third-order valence-corrected chi connectivity index (χ3v) is 5.79. The Bertz CT molecular complexity index is 1120. The molecule has 2 aliphatic rings. The molecule has 1 N–H and O–H groups in total. The Morgan fingerprint density at radius 3 is 2.97 bits per heavy atom. The molecular formula is C20H16ClFN4O3. The first-order valence-corrected chi connectivity index (χ1v) is 9.50. The van der Waals surface area contributed by atoms with Crippen molar-refractivity contribution >= 4 is 34.7 Å². The minimum absolute atomic E-state index is 0.00601. The van der Waals surface area contributed by atoms with E-state index in [9.17, 15) is 14.3 Å². The average molecular weight is 415 g/mol. The highest BCUT2D eigenvalue weighted by Crippen LogP contribution is 2.47. The zero-order valence-electron chi connectivity index (χ0n) is 15.2. The van der Waals surface area contributed by atoms with E-state index in [1.807, 2.05) is 0 Å². The number of piperazine rings is 1. The molecule has 1 fully saturated rings. The molecule has 1 atom stereocenters. The van der Waals surface area contributed by atoms with Gasteiger partial charge >= 0.3 is 0 Å². The lowest BCUT2D eigenvalue weighted by Crippen LogP contribution is -2.55. The largest absolute Gasteiger partial charge is 0.507 e. The second-order valence-corrected chi connectivity index (χ2v) is 7.43. The monoisotopic (exact) mass is 414 g/mol. The van der Waals surface area contributed by atoms with Gasteiger partial charge in [-0.15, -0.1) is 0 Å². The van der Waals surface area contributed by atoms with Crippen LogP contribution < -0.4 is 9.64 Å². The molecule has 2 aromatic carbocycles. The van der Waals surface area contributed by atoms with Gasteiger partial charge in [-0.05, 0) is 18.2 Å². The van der Waals surface area contributed by atoms with E-state index in [1.54, 1.807) is 11.0 Å². The summed E-state index contributed by atoms with van der Waals surface area (Å²) in [6, 6.07) is 5.62. The van der Waals surface area contributed by atoms with Crippen LogP contribution in [-0.4, -0.2) is 58.7 Å². The Balaban J connectivity index is 1.73. The van der Waals surface area contributed by atoms with E-state index in [1.165, 1.54) is 24.5 Å². The minimum Gasteiger partial charge on any atom is -0.507 e. The second kappa shape index (κ2) is 6.73. The Hall–Kier alpha value is -3.13. The number of benzene rings is 2. The number of anilines is 1. The van der Waals surface area contributed by atoms with E-state index in [0.29, 0.717) is 47.7 Å². The van der Waals surface area contributed by atoms with Crippen molar-refractivity contribution in [2.75, 3.05) is 31.1 Å². The van der Waals surface area contributed by atoms with Crippen LogP contribution in [0.1, 0.15) is 0 Å². The number of fused-ring (bicyclic) bond motifs is 2. The van der Waals surface area contributed by atoms with E-state index in [0.717, 1.165) is 6.41 Å². The number of carbonyl (C=O) groups is 1. The molecule has 5 rings (SSSR count). The van der Waals surface area contributed by atoms with E-state index < -0.39 is 5.82 Å². The SMILES string of the molecule is O=CN1CCN2c3ncnc4cc(-c5c(O)cccc5F)c(Cl)c(c34)OCC2C1. The van der Waals surface area contributed by atoms with Crippen molar-refractivity contribution in [1.29, 1.82) is 0 Å². The van der Waals surface area contributed by atoms with E-state index >= 15 is 0 Å². The maximum Gasteiger partial charge on any atom is 0.209 e. The zero-order valence-corrected chi connectivity index (χ0v) is 15.9. The molecule has 7 nitrogen and oxygen atoms in total. The molecular weight excluding hydrogens is 399 g/mol. The van der Waals surface area contributed by atoms with Crippen molar-refractivity contribution in [3.8, 4) is 22.6 Å². The fourth-order valence-corrected chi connectivity index (χ4v) is 4.34. The molecule has 1 aromatic heterocycles. The van der Waals surface area contributed by atoms with Gasteiger partial charge in [0.2, 0.25) is 6.41 Å². The Kier molecular flexibility index (Phi) is 4.16. The van der Waals surface area contributed by atoms with Gasteiger partial charge in [0, 0.05) is 25.2 Å². The predicted octanol–water partition coefficient (Wildman–Crippen LogP) is 2.83. The highest BCUT2D eigenvalue weighted by atomic mass is 35.5. The van der Waals surface area contributed by atoms with Gasteiger partial charge in [0.15, 0.2) is 5.75 Å². The first kappa shape index (κ1) is 17.9. The van der Waals surface area contributed by atoms with E-state index in [4.69, 9.17) is 16.3 Å². The summed E-state index contributed by atoms with van der Waals surface area (Å²) >= 11 is 6.65. The number of hydrogen-bond acceptors (Lipinski definition) is 6. The third kappa shape index (κ3) is 2.74. The summed E-state index contributed by atoms with van der Waals surface area (Å²) in [5.74, 6) is 0.203. The third-order valence-electron chi connectivity index (χ3n) is 5.42. The molecule has 3 heterocycles. The molecule has 1 amide bonds. The van der Waals surface area contributed by atoms with Gasteiger partial charge < -0.3 is 19.6 Å². The molecule has 9 heteroatoms. The fraction of sp³-hybridized carbons (Fsp3) is 0.250. The summed E-state index contributed by atoms with van der Waals surface area (Å²) in [5, 5.41) is 11.1. The van der Waals surface area contributed by atoms with Crippen LogP contribution >= 0.6 is 11.6 Å². The lowest BCUT2D eigenvalue weighted by atomic mass is 10.0. The van der Waals surface area contributed by atoms with Crippen molar-refractivity contribution in [2.45, 2.75) is 6.04 Å². The Morgan fingerprint density at radius 2 is 2.17 bits per heavy atom. The number of amides is 1. The number of aromatic hydroxyl groups is 1. The van der Waals surface area contributed by atoms with Crippen LogP contribution in [0, 0.1) is 5.82 Å². The van der Waals surface area contributed by atoms with Crippen LogP contribution in [0.5, 0.6) is 11.5 Å². The molecule has 0 bridgehead atoms. The quantitative estimate of drug-likeness (QED) is 0.650. The molecule has 29 heavy (non-hydrogen) atoms. The molecule has 1 unspecified atom stereocenters. The fourth-order valence-electron chi connectivity index (χ4n) is 4.04. The van der Waals surface area contributed by atoms with Gasteiger partial charge in [0.25, 0.3) is 0 Å². The Morgan fingerprint density at radius 1 is 1.31 bits per heavy atom. The lowest BCUT2D eigenvalue weighted by Gasteiger charge is -2.39. The number of phenolic OH excluding ortho intramolecular Hbond substituents is 1. The minimum atomic E-state index is -0.597.